The first-order valence-corrected chi connectivity index (χ1v) is 7.75. The second kappa shape index (κ2) is 6.67. The third-order valence-electron chi connectivity index (χ3n) is 3.35. The minimum absolute atomic E-state index is 0.0210. The zero-order chi connectivity index (χ0) is 15.5. The molecule has 2 nitrogen and oxygen atoms in total. The summed E-state index contributed by atoms with van der Waals surface area (Å²) in [4.78, 5) is 4.37. The molecule has 1 atom stereocenters. The molecule has 4 heteroatoms. The van der Waals surface area contributed by atoms with Crippen LogP contribution in [0.25, 0.3) is 0 Å². The van der Waals surface area contributed by atoms with Crippen molar-refractivity contribution in [3.8, 4) is 0 Å². The van der Waals surface area contributed by atoms with Gasteiger partial charge in [-0.2, -0.15) is 0 Å². The molecule has 0 aliphatic rings. The zero-order valence-electron chi connectivity index (χ0n) is 12.5. The largest absolute Gasteiger partial charge is 0.304 e. The highest BCUT2D eigenvalue weighted by Gasteiger charge is 2.25. The number of hydrogen-bond donors (Lipinski definition) is 1. The quantitative estimate of drug-likeness (QED) is 0.851. The second-order valence-electron chi connectivity index (χ2n) is 6.20. The summed E-state index contributed by atoms with van der Waals surface area (Å²) in [7, 11) is 0. The summed E-state index contributed by atoms with van der Waals surface area (Å²) in [6.07, 6.45) is 1.79. The Morgan fingerprint density at radius 1 is 1.14 bits per heavy atom. The maximum atomic E-state index is 13.1. The van der Waals surface area contributed by atoms with E-state index in [9.17, 15) is 4.39 Å². The summed E-state index contributed by atoms with van der Waals surface area (Å²) in [5.74, 6) is -0.207. The van der Waals surface area contributed by atoms with Crippen molar-refractivity contribution in [1.82, 2.24) is 10.3 Å². The van der Waals surface area contributed by atoms with Crippen LogP contribution in [-0.2, 0) is 6.54 Å². The summed E-state index contributed by atoms with van der Waals surface area (Å²) < 4.78 is 14.1. The Hall–Kier alpha value is -1.26. The Bertz CT molecular complexity index is 573. The number of rotatable bonds is 4. The van der Waals surface area contributed by atoms with Gasteiger partial charge in [0.15, 0.2) is 0 Å². The molecule has 0 spiro atoms. The van der Waals surface area contributed by atoms with Gasteiger partial charge in [-0.05, 0) is 51.2 Å². The highest BCUT2D eigenvalue weighted by molar-refractivity contribution is 9.10. The maximum absolute atomic E-state index is 13.1. The van der Waals surface area contributed by atoms with E-state index in [0.29, 0.717) is 6.54 Å². The molecule has 0 bridgehead atoms. The van der Waals surface area contributed by atoms with E-state index >= 15 is 0 Å². The predicted molar refractivity (Wildman–Crippen MR) is 87.4 cm³/mol. The van der Waals surface area contributed by atoms with Crippen LogP contribution < -0.4 is 5.32 Å². The molecule has 2 rings (SSSR count). The lowest BCUT2D eigenvalue weighted by Crippen LogP contribution is -2.32. The van der Waals surface area contributed by atoms with Gasteiger partial charge in [-0.3, -0.25) is 4.98 Å². The van der Waals surface area contributed by atoms with Crippen molar-refractivity contribution < 1.29 is 4.39 Å². The van der Waals surface area contributed by atoms with Gasteiger partial charge < -0.3 is 5.32 Å². The van der Waals surface area contributed by atoms with E-state index in [1.54, 1.807) is 6.20 Å². The van der Waals surface area contributed by atoms with Crippen LogP contribution >= 0.6 is 15.9 Å². The smallest absolute Gasteiger partial charge is 0.123 e. The molecule has 112 valence electrons. The topological polar surface area (TPSA) is 24.9 Å². The molecule has 0 aliphatic carbocycles. The van der Waals surface area contributed by atoms with Gasteiger partial charge in [-0.1, -0.05) is 32.9 Å². The van der Waals surface area contributed by atoms with Crippen LogP contribution in [0.1, 0.15) is 38.1 Å². The summed E-state index contributed by atoms with van der Waals surface area (Å²) in [6.45, 7) is 7.18. The normalized spacial score (nSPS) is 13.2. The Morgan fingerprint density at radius 3 is 2.33 bits per heavy atom. The first kappa shape index (κ1) is 16.1. The van der Waals surface area contributed by atoms with Crippen LogP contribution in [0.3, 0.4) is 0 Å². The molecule has 0 amide bonds. The molecule has 1 aromatic heterocycles. The van der Waals surface area contributed by atoms with E-state index in [-0.39, 0.29) is 17.3 Å². The van der Waals surface area contributed by atoms with Gasteiger partial charge in [0.2, 0.25) is 0 Å². The Balaban J connectivity index is 2.14. The average molecular weight is 351 g/mol. The number of pyridine rings is 1. The van der Waals surface area contributed by atoms with Crippen molar-refractivity contribution >= 4 is 15.9 Å². The lowest BCUT2D eigenvalue weighted by Gasteiger charge is -2.32. The summed E-state index contributed by atoms with van der Waals surface area (Å²) >= 11 is 3.38. The fourth-order valence-electron chi connectivity index (χ4n) is 2.30. The van der Waals surface area contributed by atoms with Crippen molar-refractivity contribution in [2.75, 3.05) is 0 Å². The average Bonchev–Trinajstić information content (AvgIpc) is 2.42. The van der Waals surface area contributed by atoms with Gasteiger partial charge in [-0.15, -0.1) is 0 Å². The molecule has 0 saturated heterocycles. The van der Waals surface area contributed by atoms with Crippen LogP contribution in [0.5, 0.6) is 0 Å². The van der Waals surface area contributed by atoms with Gasteiger partial charge in [0.05, 0.1) is 5.69 Å². The van der Waals surface area contributed by atoms with E-state index in [4.69, 9.17) is 0 Å². The molecule has 1 aromatic carbocycles. The van der Waals surface area contributed by atoms with Gasteiger partial charge in [0.1, 0.15) is 5.82 Å². The molecule has 21 heavy (non-hydrogen) atoms. The fourth-order valence-corrected chi connectivity index (χ4v) is 2.53. The highest BCUT2D eigenvalue weighted by Crippen LogP contribution is 2.33. The van der Waals surface area contributed by atoms with Crippen LogP contribution in [-0.4, -0.2) is 4.98 Å². The van der Waals surface area contributed by atoms with Crippen LogP contribution in [0, 0.1) is 11.2 Å². The van der Waals surface area contributed by atoms with Gasteiger partial charge >= 0.3 is 0 Å². The number of benzene rings is 1. The van der Waals surface area contributed by atoms with Gasteiger partial charge in [-0.25, -0.2) is 4.39 Å². The fraction of sp³-hybridized carbons (Fsp3) is 0.353. The standard InChI is InChI=1S/C17H20BrFN2/c1-17(2,3)16(12-4-7-14(19)8-5-12)21-11-15-9-6-13(18)10-20-15/h4-10,16,21H,11H2,1-3H3. The number of hydrogen-bond acceptors (Lipinski definition) is 2. The summed E-state index contributed by atoms with van der Waals surface area (Å²) in [6, 6.07) is 10.8. The third-order valence-corrected chi connectivity index (χ3v) is 3.81. The molecule has 0 fully saturated rings. The minimum Gasteiger partial charge on any atom is -0.304 e. The summed E-state index contributed by atoms with van der Waals surface area (Å²) in [5, 5.41) is 3.53. The number of nitrogens with zero attached hydrogens (tertiary/aromatic N) is 1. The van der Waals surface area contributed by atoms with E-state index in [2.05, 4.69) is 47.0 Å². The number of aromatic nitrogens is 1. The van der Waals surface area contributed by atoms with E-state index in [1.807, 2.05) is 24.3 Å². The van der Waals surface area contributed by atoms with Crippen molar-refractivity contribution in [1.29, 1.82) is 0 Å². The van der Waals surface area contributed by atoms with E-state index < -0.39 is 0 Å². The first-order valence-electron chi connectivity index (χ1n) is 6.95. The Labute approximate surface area is 133 Å². The van der Waals surface area contributed by atoms with Crippen molar-refractivity contribution in [3.05, 3.63) is 64.1 Å². The monoisotopic (exact) mass is 350 g/mol. The van der Waals surface area contributed by atoms with Crippen molar-refractivity contribution in [2.24, 2.45) is 5.41 Å². The molecular formula is C17H20BrFN2. The van der Waals surface area contributed by atoms with Gasteiger partial charge in [0.25, 0.3) is 0 Å². The van der Waals surface area contributed by atoms with E-state index in [0.717, 1.165) is 15.7 Å². The SMILES string of the molecule is CC(C)(C)C(NCc1ccc(Br)cn1)c1ccc(F)cc1. The van der Waals surface area contributed by atoms with Crippen molar-refractivity contribution in [3.63, 3.8) is 0 Å². The first-order chi connectivity index (χ1) is 9.86. The van der Waals surface area contributed by atoms with Crippen LogP contribution in [0.2, 0.25) is 0 Å². The predicted octanol–water partition coefficient (Wildman–Crippen LogP) is 4.86. The van der Waals surface area contributed by atoms with Crippen LogP contribution in [0.15, 0.2) is 47.1 Å². The number of halogens is 2. The molecule has 0 radical (unpaired) electrons. The number of nitrogens with one attached hydrogen (secondary N) is 1. The molecule has 1 unspecified atom stereocenters. The van der Waals surface area contributed by atoms with E-state index in [1.165, 1.54) is 12.1 Å². The maximum Gasteiger partial charge on any atom is 0.123 e. The second-order valence-corrected chi connectivity index (χ2v) is 7.11. The lowest BCUT2D eigenvalue weighted by molar-refractivity contribution is 0.270. The molecule has 0 aliphatic heterocycles. The molecule has 1 heterocycles. The minimum atomic E-state index is -0.207. The Kier molecular flexibility index (Phi) is 5.12. The van der Waals surface area contributed by atoms with Crippen molar-refractivity contribution in [2.45, 2.75) is 33.4 Å². The molecule has 1 N–H and O–H groups in total. The molecular weight excluding hydrogens is 331 g/mol. The van der Waals surface area contributed by atoms with Gasteiger partial charge in [0, 0.05) is 23.3 Å². The molecule has 0 saturated carbocycles. The zero-order valence-corrected chi connectivity index (χ0v) is 14.1. The summed E-state index contributed by atoms with van der Waals surface area (Å²) in [5.41, 5.74) is 2.09. The highest BCUT2D eigenvalue weighted by atomic mass is 79.9. The lowest BCUT2D eigenvalue weighted by atomic mass is 9.82. The molecule has 2 aromatic rings. The Morgan fingerprint density at radius 2 is 1.81 bits per heavy atom. The third kappa shape index (κ3) is 4.61. The van der Waals surface area contributed by atoms with Crippen LogP contribution in [0.4, 0.5) is 4.39 Å².